The standard InChI is InChI=1S/C25H30F2/c1-3-4-5-22-14-21-11-10-20(15-23(21)25(27)24(22)26)19-9-8-17-12-16(2)6-7-18(17)13-19/h3,10-11,14-19H,1,4-9,12-13H2,2H3/t16?,17-,18?,19-/m1/s1. The molecule has 0 spiro atoms. The van der Waals surface area contributed by atoms with Crippen LogP contribution in [0.4, 0.5) is 8.78 Å². The van der Waals surface area contributed by atoms with Crippen LogP contribution < -0.4 is 0 Å². The van der Waals surface area contributed by atoms with Gasteiger partial charge in [0.25, 0.3) is 0 Å². The van der Waals surface area contributed by atoms with Crippen LogP contribution >= 0.6 is 0 Å². The molecule has 0 aromatic heterocycles. The molecule has 2 fully saturated rings. The summed E-state index contributed by atoms with van der Waals surface area (Å²) < 4.78 is 29.2. The van der Waals surface area contributed by atoms with Crippen molar-refractivity contribution in [3.05, 3.63) is 59.7 Å². The van der Waals surface area contributed by atoms with Gasteiger partial charge in [-0.3, -0.25) is 0 Å². The van der Waals surface area contributed by atoms with Crippen molar-refractivity contribution in [1.82, 2.24) is 0 Å². The van der Waals surface area contributed by atoms with Gasteiger partial charge < -0.3 is 0 Å². The average molecular weight is 369 g/mol. The fourth-order valence-electron chi connectivity index (χ4n) is 5.52. The molecule has 4 atom stereocenters. The molecule has 2 heteroatoms. The first-order valence-electron chi connectivity index (χ1n) is 10.6. The first-order valence-corrected chi connectivity index (χ1v) is 10.6. The molecule has 0 nitrogen and oxygen atoms in total. The minimum atomic E-state index is -0.688. The smallest absolute Gasteiger partial charge is 0.166 e. The Balaban J connectivity index is 1.60. The van der Waals surface area contributed by atoms with Crippen molar-refractivity contribution >= 4 is 10.8 Å². The van der Waals surface area contributed by atoms with Crippen molar-refractivity contribution in [2.75, 3.05) is 0 Å². The van der Waals surface area contributed by atoms with Crippen molar-refractivity contribution in [2.45, 2.75) is 64.2 Å². The number of hydrogen-bond acceptors (Lipinski definition) is 0. The minimum Gasteiger partial charge on any atom is -0.203 e. The lowest BCUT2D eigenvalue weighted by Gasteiger charge is -2.41. The highest BCUT2D eigenvalue weighted by molar-refractivity contribution is 5.85. The highest BCUT2D eigenvalue weighted by atomic mass is 19.2. The molecule has 2 aromatic rings. The summed E-state index contributed by atoms with van der Waals surface area (Å²) in [6.07, 6.45) is 10.6. The Bertz CT molecular complexity index is 838. The third-order valence-electron chi connectivity index (χ3n) is 7.08. The molecule has 0 radical (unpaired) electrons. The highest BCUT2D eigenvalue weighted by Gasteiger charge is 2.34. The molecule has 27 heavy (non-hydrogen) atoms. The second-order valence-corrected chi connectivity index (χ2v) is 8.92. The fraction of sp³-hybridized carbons (Fsp3) is 0.520. The van der Waals surface area contributed by atoms with Gasteiger partial charge in [0, 0.05) is 5.39 Å². The van der Waals surface area contributed by atoms with Crippen LogP contribution in [0.15, 0.2) is 36.9 Å². The molecule has 2 aromatic carbocycles. The van der Waals surface area contributed by atoms with Crippen LogP contribution in [0.2, 0.25) is 0 Å². The van der Waals surface area contributed by atoms with Gasteiger partial charge in [-0.25, -0.2) is 8.78 Å². The molecule has 144 valence electrons. The Hall–Kier alpha value is -1.70. The Morgan fingerprint density at radius 1 is 1.00 bits per heavy atom. The molecule has 4 rings (SSSR count). The molecule has 0 bridgehead atoms. The number of hydrogen-bond donors (Lipinski definition) is 0. The first-order chi connectivity index (χ1) is 13.1. The number of halogens is 2. The maximum absolute atomic E-state index is 14.7. The van der Waals surface area contributed by atoms with Gasteiger partial charge in [0.1, 0.15) is 0 Å². The van der Waals surface area contributed by atoms with E-state index in [9.17, 15) is 8.78 Å². The summed E-state index contributed by atoms with van der Waals surface area (Å²) in [5.74, 6) is 1.69. The van der Waals surface area contributed by atoms with E-state index in [1.807, 2.05) is 12.1 Å². The number of aryl methyl sites for hydroxylation is 1. The van der Waals surface area contributed by atoms with Crippen LogP contribution in [-0.2, 0) is 6.42 Å². The Kier molecular flexibility index (Phi) is 5.34. The van der Waals surface area contributed by atoms with Gasteiger partial charge in [0.15, 0.2) is 11.6 Å². The summed E-state index contributed by atoms with van der Waals surface area (Å²) in [6, 6.07) is 7.86. The average Bonchev–Trinajstić information content (AvgIpc) is 2.69. The first kappa shape index (κ1) is 18.7. The summed E-state index contributed by atoms with van der Waals surface area (Å²) in [7, 11) is 0. The number of fused-ring (bicyclic) bond motifs is 2. The minimum absolute atomic E-state index is 0.437. The molecule has 2 saturated carbocycles. The van der Waals surface area contributed by atoms with Crippen molar-refractivity contribution in [2.24, 2.45) is 17.8 Å². The van der Waals surface area contributed by atoms with E-state index in [-0.39, 0.29) is 0 Å². The van der Waals surface area contributed by atoms with Crippen molar-refractivity contribution in [1.29, 1.82) is 0 Å². The van der Waals surface area contributed by atoms with Crippen molar-refractivity contribution in [3.63, 3.8) is 0 Å². The maximum Gasteiger partial charge on any atom is 0.166 e. The zero-order valence-corrected chi connectivity index (χ0v) is 16.3. The van der Waals surface area contributed by atoms with Gasteiger partial charge in [-0.1, -0.05) is 31.6 Å². The van der Waals surface area contributed by atoms with E-state index in [2.05, 4.69) is 19.6 Å². The molecule has 2 aliphatic carbocycles. The van der Waals surface area contributed by atoms with Crippen LogP contribution in [0.25, 0.3) is 10.8 Å². The third-order valence-corrected chi connectivity index (χ3v) is 7.08. The molecule has 0 saturated heterocycles. The van der Waals surface area contributed by atoms with Gasteiger partial charge >= 0.3 is 0 Å². The monoisotopic (exact) mass is 368 g/mol. The lowest BCUT2D eigenvalue weighted by atomic mass is 9.64. The van der Waals surface area contributed by atoms with E-state index >= 15 is 0 Å². The molecule has 2 unspecified atom stereocenters. The van der Waals surface area contributed by atoms with Gasteiger partial charge in [0.2, 0.25) is 0 Å². The zero-order chi connectivity index (χ0) is 19.0. The van der Waals surface area contributed by atoms with Gasteiger partial charge in [-0.2, -0.15) is 0 Å². The third kappa shape index (κ3) is 3.68. The second-order valence-electron chi connectivity index (χ2n) is 8.92. The number of rotatable bonds is 4. The summed E-state index contributed by atoms with van der Waals surface area (Å²) in [5, 5.41) is 1.24. The summed E-state index contributed by atoms with van der Waals surface area (Å²) >= 11 is 0. The Morgan fingerprint density at radius 2 is 1.78 bits per heavy atom. The Morgan fingerprint density at radius 3 is 2.59 bits per heavy atom. The second kappa shape index (κ2) is 7.73. The molecule has 2 aliphatic rings. The zero-order valence-electron chi connectivity index (χ0n) is 16.3. The lowest BCUT2D eigenvalue weighted by molar-refractivity contribution is 0.124. The van der Waals surface area contributed by atoms with E-state index in [1.54, 1.807) is 12.1 Å². The highest BCUT2D eigenvalue weighted by Crippen LogP contribution is 2.47. The summed E-state index contributed by atoms with van der Waals surface area (Å²) in [5.41, 5.74) is 1.64. The van der Waals surface area contributed by atoms with Crippen molar-refractivity contribution < 1.29 is 8.78 Å². The normalized spacial score (nSPS) is 28.1. The van der Waals surface area contributed by atoms with Crippen LogP contribution in [0.5, 0.6) is 0 Å². The van der Waals surface area contributed by atoms with Crippen LogP contribution in [0, 0.1) is 29.4 Å². The number of allylic oxidation sites excluding steroid dienone is 1. The summed E-state index contributed by atoms with van der Waals surface area (Å²) in [4.78, 5) is 0. The topological polar surface area (TPSA) is 0 Å². The molecule has 0 aliphatic heterocycles. The van der Waals surface area contributed by atoms with Crippen LogP contribution in [-0.4, -0.2) is 0 Å². The van der Waals surface area contributed by atoms with E-state index < -0.39 is 11.6 Å². The van der Waals surface area contributed by atoms with Crippen LogP contribution in [0.3, 0.4) is 0 Å². The van der Waals surface area contributed by atoms with E-state index in [4.69, 9.17) is 0 Å². The largest absolute Gasteiger partial charge is 0.203 e. The molecule has 0 amide bonds. The van der Waals surface area contributed by atoms with E-state index in [0.717, 1.165) is 23.1 Å². The van der Waals surface area contributed by atoms with E-state index in [0.29, 0.717) is 29.7 Å². The van der Waals surface area contributed by atoms with Crippen LogP contribution in [0.1, 0.15) is 68.9 Å². The molecule has 0 N–H and O–H groups in total. The maximum atomic E-state index is 14.7. The Labute approximate surface area is 161 Å². The quantitative estimate of drug-likeness (QED) is 0.489. The number of benzene rings is 2. The van der Waals surface area contributed by atoms with Gasteiger partial charge in [-0.05, 0) is 97.3 Å². The van der Waals surface area contributed by atoms with Gasteiger partial charge in [-0.15, -0.1) is 6.58 Å². The molecular weight excluding hydrogens is 338 g/mol. The molecular formula is C25H30F2. The predicted octanol–water partition coefficient (Wildman–Crippen LogP) is 7.56. The molecule has 0 heterocycles. The fourth-order valence-corrected chi connectivity index (χ4v) is 5.52. The van der Waals surface area contributed by atoms with Gasteiger partial charge in [0.05, 0.1) is 0 Å². The van der Waals surface area contributed by atoms with E-state index in [1.165, 1.54) is 44.1 Å². The SMILES string of the molecule is C=CCCc1cc2ccc([C@@H]3CC[C@@H]4CC(C)CCC4C3)cc2c(F)c1F. The lowest BCUT2D eigenvalue weighted by Crippen LogP contribution is -2.29. The van der Waals surface area contributed by atoms with Crippen molar-refractivity contribution in [3.8, 4) is 0 Å². The predicted molar refractivity (Wildman–Crippen MR) is 109 cm³/mol. The summed E-state index contributed by atoms with van der Waals surface area (Å²) in [6.45, 7) is 6.05.